The highest BCUT2D eigenvalue weighted by Gasteiger charge is 2.37. The molecule has 1 amide bonds. The van der Waals surface area contributed by atoms with E-state index >= 15 is 0 Å². The van der Waals surface area contributed by atoms with E-state index in [-0.39, 0.29) is 11.2 Å². The molecule has 0 unspecified atom stereocenters. The van der Waals surface area contributed by atoms with E-state index in [1.165, 1.54) is 22.5 Å². The van der Waals surface area contributed by atoms with Crippen molar-refractivity contribution in [2.45, 2.75) is 38.0 Å². The molecule has 1 aliphatic heterocycles. The van der Waals surface area contributed by atoms with Crippen LogP contribution in [0.4, 0.5) is 5.69 Å². The summed E-state index contributed by atoms with van der Waals surface area (Å²) in [5, 5.41) is 11.7. The van der Waals surface area contributed by atoms with Crippen molar-refractivity contribution >= 4 is 45.5 Å². The van der Waals surface area contributed by atoms with Crippen LogP contribution in [0.3, 0.4) is 0 Å². The summed E-state index contributed by atoms with van der Waals surface area (Å²) in [4.78, 5) is 17.1. The number of amidine groups is 1. The summed E-state index contributed by atoms with van der Waals surface area (Å²) in [5.74, 6) is 0.130. The molecular weight excluding hydrogens is 428 g/mol. The minimum absolute atomic E-state index is 0.0896. The van der Waals surface area contributed by atoms with Gasteiger partial charge in [0.15, 0.2) is 5.17 Å². The largest absolute Gasteiger partial charge is 0.378 e. The van der Waals surface area contributed by atoms with Gasteiger partial charge in [-0.1, -0.05) is 86.1 Å². The highest BCUT2D eigenvalue weighted by molar-refractivity contribution is 8.15. The molecule has 1 saturated heterocycles. The number of rotatable bonds is 8. The molecule has 0 N–H and O–H groups in total. The fourth-order valence-electron chi connectivity index (χ4n) is 3.91. The number of anilines is 1. The van der Waals surface area contributed by atoms with E-state index in [9.17, 15) is 4.79 Å². The first-order chi connectivity index (χ1) is 16.1. The van der Waals surface area contributed by atoms with Crippen molar-refractivity contribution < 1.29 is 4.79 Å². The number of thioether (sulfide) groups is 1. The van der Waals surface area contributed by atoms with Crippen molar-refractivity contribution in [3.8, 4) is 0 Å². The maximum Gasteiger partial charge on any atom is 0.242 e. The first-order valence-corrected chi connectivity index (χ1v) is 12.3. The molecule has 0 aromatic heterocycles. The minimum Gasteiger partial charge on any atom is -0.378 e. The van der Waals surface area contributed by atoms with Crippen LogP contribution >= 0.6 is 11.8 Å². The van der Waals surface area contributed by atoms with Crippen LogP contribution in [-0.4, -0.2) is 41.5 Å². The van der Waals surface area contributed by atoms with E-state index in [0.29, 0.717) is 11.7 Å². The van der Waals surface area contributed by atoms with Crippen molar-refractivity contribution in [3.05, 3.63) is 77.9 Å². The number of unbranched alkanes of at least 4 members (excludes halogenated alkanes) is 1. The SMILES string of the molecule is CCCC[C@H]1S/C(=N/N=C\c2ccc(N(C)C)cc2)N(Cc2cccc3ccccc23)C1=O. The monoisotopic (exact) mass is 458 g/mol. The van der Waals surface area contributed by atoms with Gasteiger partial charge in [-0.3, -0.25) is 9.69 Å². The van der Waals surface area contributed by atoms with E-state index in [1.807, 2.05) is 44.4 Å². The third kappa shape index (κ3) is 5.45. The molecule has 1 atom stereocenters. The van der Waals surface area contributed by atoms with Gasteiger partial charge in [0.25, 0.3) is 0 Å². The predicted octanol–water partition coefficient (Wildman–Crippen LogP) is 5.93. The summed E-state index contributed by atoms with van der Waals surface area (Å²) in [6.45, 7) is 2.65. The Morgan fingerprint density at radius 1 is 1.03 bits per heavy atom. The second kappa shape index (κ2) is 10.7. The molecule has 0 spiro atoms. The van der Waals surface area contributed by atoms with Crippen molar-refractivity contribution in [1.82, 2.24) is 4.90 Å². The summed E-state index contributed by atoms with van der Waals surface area (Å²) in [7, 11) is 4.03. The van der Waals surface area contributed by atoms with E-state index < -0.39 is 0 Å². The van der Waals surface area contributed by atoms with Crippen molar-refractivity contribution in [2.24, 2.45) is 10.2 Å². The van der Waals surface area contributed by atoms with Crippen molar-refractivity contribution in [2.75, 3.05) is 19.0 Å². The van der Waals surface area contributed by atoms with Crippen LogP contribution in [0.1, 0.15) is 37.3 Å². The minimum atomic E-state index is -0.0896. The molecule has 0 radical (unpaired) electrons. The lowest BCUT2D eigenvalue weighted by Crippen LogP contribution is -2.31. The molecule has 1 fully saturated rings. The summed E-state index contributed by atoms with van der Waals surface area (Å²) < 4.78 is 0. The Hall–Kier alpha value is -3.12. The van der Waals surface area contributed by atoms with Gasteiger partial charge in [-0.15, -0.1) is 5.10 Å². The smallest absolute Gasteiger partial charge is 0.242 e. The van der Waals surface area contributed by atoms with Gasteiger partial charge in [-0.25, -0.2) is 0 Å². The van der Waals surface area contributed by atoms with Crippen LogP contribution < -0.4 is 4.90 Å². The average molecular weight is 459 g/mol. The van der Waals surface area contributed by atoms with Crippen molar-refractivity contribution in [3.63, 3.8) is 0 Å². The van der Waals surface area contributed by atoms with Gasteiger partial charge in [-0.05, 0) is 40.5 Å². The Labute approximate surface area is 200 Å². The maximum atomic E-state index is 13.3. The predicted molar refractivity (Wildman–Crippen MR) is 141 cm³/mol. The van der Waals surface area contributed by atoms with Gasteiger partial charge in [0.05, 0.1) is 18.0 Å². The van der Waals surface area contributed by atoms with Gasteiger partial charge in [0.1, 0.15) is 0 Å². The molecule has 6 heteroatoms. The molecule has 170 valence electrons. The van der Waals surface area contributed by atoms with E-state index in [1.54, 1.807) is 11.1 Å². The quantitative estimate of drug-likeness (QED) is 0.310. The fraction of sp³-hybridized carbons (Fsp3) is 0.296. The Kier molecular flexibility index (Phi) is 7.45. The number of carbonyl (C=O) groups excluding carboxylic acids is 1. The molecule has 0 aliphatic carbocycles. The Balaban J connectivity index is 1.58. The molecule has 4 rings (SSSR count). The Bertz CT molecular complexity index is 1160. The highest BCUT2D eigenvalue weighted by Crippen LogP contribution is 2.33. The number of hydrogen-bond donors (Lipinski definition) is 0. The highest BCUT2D eigenvalue weighted by atomic mass is 32.2. The van der Waals surface area contributed by atoms with Gasteiger partial charge < -0.3 is 4.90 Å². The second-order valence-corrected chi connectivity index (χ2v) is 9.59. The van der Waals surface area contributed by atoms with E-state index in [2.05, 4.69) is 58.4 Å². The first kappa shape index (κ1) is 23.1. The van der Waals surface area contributed by atoms with Crippen LogP contribution in [-0.2, 0) is 11.3 Å². The Morgan fingerprint density at radius 2 is 1.79 bits per heavy atom. The van der Waals surface area contributed by atoms with E-state index in [4.69, 9.17) is 0 Å². The second-order valence-electron chi connectivity index (χ2n) is 8.42. The first-order valence-electron chi connectivity index (χ1n) is 11.4. The molecule has 1 aliphatic rings. The molecule has 0 bridgehead atoms. The zero-order valence-corrected chi connectivity index (χ0v) is 20.3. The van der Waals surface area contributed by atoms with Crippen LogP contribution in [0.5, 0.6) is 0 Å². The topological polar surface area (TPSA) is 48.3 Å². The normalized spacial score (nSPS) is 17.5. The number of nitrogens with zero attached hydrogens (tertiary/aromatic N) is 4. The lowest BCUT2D eigenvalue weighted by molar-refractivity contribution is -0.126. The maximum absolute atomic E-state index is 13.3. The molecular formula is C27H30N4OS. The Morgan fingerprint density at radius 3 is 2.55 bits per heavy atom. The van der Waals surface area contributed by atoms with Gasteiger partial charge in [0, 0.05) is 19.8 Å². The lowest BCUT2D eigenvalue weighted by Gasteiger charge is -2.17. The molecule has 3 aromatic rings. The van der Waals surface area contributed by atoms with Gasteiger partial charge in [-0.2, -0.15) is 5.10 Å². The van der Waals surface area contributed by atoms with Crippen molar-refractivity contribution in [1.29, 1.82) is 0 Å². The van der Waals surface area contributed by atoms with Gasteiger partial charge >= 0.3 is 0 Å². The van der Waals surface area contributed by atoms with Crippen LogP contribution in [0.2, 0.25) is 0 Å². The molecule has 1 heterocycles. The zero-order valence-electron chi connectivity index (χ0n) is 19.4. The zero-order chi connectivity index (χ0) is 23.2. The van der Waals surface area contributed by atoms with E-state index in [0.717, 1.165) is 36.1 Å². The fourth-order valence-corrected chi connectivity index (χ4v) is 5.05. The number of amides is 1. The number of fused-ring (bicyclic) bond motifs is 1. The average Bonchev–Trinajstić information content (AvgIpc) is 3.12. The standard InChI is InChI=1S/C27H30N4OS/c1-4-5-13-25-26(32)31(19-22-11-8-10-21-9-6-7-12-24(21)22)27(33-25)29-28-18-20-14-16-23(17-15-20)30(2)3/h6-12,14-18,25H,4-5,13,19H2,1-3H3/b28-18-,29-27+/t25-/m1/s1. The summed E-state index contributed by atoms with van der Waals surface area (Å²) in [5.41, 5.74) is 3.23. The third-order valence-electron chi connectivity index (χ3n) is 5.81. The molecule has 5 nitrogen and oxygen atoms in total. The summed E-state index contributed by atoms with van der Waals surface area (Å²) in [6, 6.07) is 22.7. The number of hydrogen-bond acceptors (Lipinski definition) is 5. The summed E-state index contributed by atoms with van der Waals surface area (Å²) in [6.07, 6.45) is 4.70. The number of carbonyl (C=O) groups is 1. The summed E-state index contributed by atoms with van der Waals surface area (Å²) >= 11 is 1.54. The van der Waals surface area contributed by atoms with Crippen LogP contribution in [0.15, 0.2) is 76.9 Å². The van der Waals surface area contributed by atoms with Crippen LogP contribution in [0.25, 0.3) is 10.8 Å². The van der Waals surface area contributed by atoms with Gasteiger partial charge in [0.2, 0.25) is 5.91 Å². The number of benzene rings is 3. The third-order valence-corrected chi connectivity index (χ3v) is 7.04. The molecule has 33 heavy (non-hydrogen) atoms. The lowest BCUT2D eigenvalue weighted by atomic mass is 10.0. The molecule has 3 aromatic carbocycles. The molecule has 0 saturated carbocycles. The van der Waals surface area contributed by atoms with Crippen LogP contribution in [0, 0.1) is 0 Å².